The van der Waals surface area contributed by atoms with E-state index < -0.39 is 29.1 Å². The van der Waals surface area contributed by atoms with E-state index in [1.807, 2.05) is 7.05 Å². The number of hydrogen-bond donors (Lipinski definition) is 1. The molecule has 1 aliphatic heterocycles. The number of carbonyl (C=O) groups excluding carboxylic acids is 2. The Morgan fingerprint density at radius 3 is 2.31 bits per heavy atom. The Morgan fingerprint density at radius 2 is 1.71 bits per heavy atom. The molecule has 2 fully saturated rings. The lowest BCUT2D eigenvalue weighted by atomic mass is 9.89. The number of amides is 2. The zero-order valence-corrected chi connectivity index (χ0v) is 20.7. The summed E-state index contributed by atoms with van der Waals surface area (Å²) in [5.74, 6) is -0.857. The molecule has 1 saturated heterocycles. The van der Waals surface area contributed by atoms with Crippen molar-refractivity contribution < 1.29 is 22.8 Å². The maximum atomic E-state index is 13.7. The third-order valence-corrected chi connectivity index (χ3v) is 7.38. The molecule has 2 aliphatic rings. The van der Waals surface area contributed by atoms with Crippen LogP contribution >= 0.6 is 23.2 Å². The number of rotatable bonds is 6. The zero-order valence-electron chi connectivity index (χ0n) is 19.2. The van der Waals surface area contributed by atoms with Crippen LogP contribution in [0.5, 0.6) is 0 Å². The first-order valence-electron chi connectivity index (χ1n) is 11.4. The van der Waals surface area contributed by atoms with Crippen LogP contribution < -0.4 is 5.32 Å². The van der Waals surface area contributed by atoms with Crippen LogP contribution in [0.25, 0.3) is 0 Å². The molecule has 35 heavy (non-hydrogen) atoms. The number of carbonyl (C=O) groups is 2. The lowest BCUT2D eigenvalue weighted by molar-refractivity contribution is -0.140. The molecule has 1 heterocycles. The van der Waals surface area contributed by atoms with Gasteiger partial charge in [0.1, 0.15) is 6.04 Å². The molecule has 2 aromatic rings. The summed E-state index contributed by atoms with van der Waals surface area (Å²) in [6, 6.07) is 9.06. The largest absolute Gasteiger partial charge is 0.416 e. The van der Waals surface area contributed by atoms with Crippen LogP contribution in [0, 0.1) is 0 Å². The van der Waals surface area contributed by atoms with Crippen LogP contribution in [-0.4, -0.2) is 60.9 Å². The molecule has 1 aliphatic carbocycles. The summed E-state index contributed by atoms with van der Waals surface area (Å²) in [6.07, 6.45) is -3.92. The van der Waals surface area contributed by atoms with Gasteiger partial charge in [0.25, 0.3) is 0 Å². The summed E-state index contributed by atoms with van der Waals surface area (Å²) in [7, 11) is 1.96. The normalized spacial score (nSPS) is 18.7. The van der Waals surface area contributed by atoms with E-state index in [1.54, 1.807) is 23.1 Å². The zero-order chi connectivity index (χ0) is 25.4. The SMILES string of the molecule is CN1CCN(C(=O)C(Cc2ccc(Cl)cc2Cl)NC(=O)C2(c3ccccc3C(F)(F)F)CC2)CC1. The molecule has 1 unspecified atom stereocenters. The lowest BCUT2D eigenvalue weighted by Crippen LogP contribution is -2.56. The average Bonchev–Trinajstić information content (AvgIpc) is 3.62. The van der Waals surface area contributed by atoms with Gasteiger partial charge in [-0.1, -0.05) is 47.5 Å². The molecule has 10 heteroatoms. The van der Waals surface area contributed by atoms with E-state index in [4.69, 9.17) is 23.2 Å². The monoisotopic (exact) mass is 527 g/mol. The maximum absolute atomic E-state index is 13.7. The van der Waals surface area contributed by atoms with E-state index in [0.717, 1.165) is 6.07 Å². The third-order valence-electron chi connectivity index (χ3n) is 6.79. The van der Waals surface area contributed by atoms with Crippen molar-refractivity contribution in [3.05, 3.63) is 69.2 Å². The molecule has 1 N–H and O–H groups in total. The second-order valence-electron chi connectivity index (χ2n) is 9.22. The molecule has 0 spiro atoms. The highest BCUT2D eigenvalue weighted by Gasteiger charge is 2.55. The molecule has 0 bridgehead atoms. The minimum atomic E-state index is -4.58. The Balaban J connectivity index is 1.61. The molecule has 1 atom stereocenters. The van der Waals surface area contributed by atoms with Crippen molar-refractivity contribution in [3.63, 3.8) is 0 Å². The molecule has 0 radical (unpaired) electrons. The first-order valence-corrected chi connectivity index (χ1v) is 12.2. The summed E-state index contributed by atoms with van der Waals surface area (Å²) < 4.78 is 41.0. The lowest BCUT2D eigenvalue weighted by Gasteiger charge is -2.35. The average molecular weight is 528 g/mol. The molecular weight excluding hydrogens is 502 g/mol. The first-order chi connectivity index (χ1) is 16.5. The standard InChI is InChI=1S/C25H26Cl2F3N3O2/c1-32-10-12-33(13-11-32)22(34)21(14-16-6-7-17(26)15-20(16)27)31-23(35)24(8-9-24)18-4-2-3-5-19(18)25(28,29)30/h2-7,15,21H,8-14H2,1H3,(H,31,35). The molecule has 5 nitrogen and oxygen atoms in total. The van der Waals surface area contributed by atoms with Crippen LogP contribution in [0.15, 0.2) is 42.5 Å². The van der Waals surface area contributed by atoms with E-state index in [9.17, 15) is 22.8 Å². The van der Waals surface area contributed by atoms with E-state index in [2.05, 4.69) is 10.2 Å². The van der Waals surface area contributed by atoms with Crippen molar-refractivity contribution in [2.75, 3.05) is 33.2 Å². The highest BCUT2D eigenvalue weighted by molar-refractivity contribution is 6.35. The maximum Gasteiger partial charge on any atom is 0.416 e. The summed E-state index contributed by atoms with van der Waals surface area (Å²) in [6.45, 7) is 2.38. The Kier molecular flexibility index (Phi) is 7.36. The summed E-state index contributed by atoms with van der Waals surface area (Å²) in [4.78, 5) is 30.7. The number of likely N-dealkylation sites (N-methyl/N-ethyl adjacent to an activating group) is 1. The smallest absolute Gasteiger partial charge is 0.343 e. The molecule has 188 valence electrons. The second kappa shape index (κ2) is 9.99. The first kappa shape index (κ1) is 25.8. The third kappa shape index (κ3) is 5.60. The summed E-state index contributed by atoms with van der Waals surface area (Å²) >= 11 is 12.3. The van der Waals surface area contributed by atoms with Gasteiger partial charge in [-0.15, -0.1) is 0 Å². The molecule has 2 aromatic carbocycles. The van der Waals surface area contributed by atoms with E-state index in [1.165, 1.54) is 18.2 Å². The quantitative estimate of drug-likeness (QED) is 0.599. The number of nitrogens with one attached hydrogen (secondary N) is 1. The van der Waals surface area contributed by atoms with Crippen molar-refractivity contribution in [1.29, 1.82) is 0 Å². The number of piperazine rings is 1. The Bertz CT molecular complexity index is 1110. The highest BCUT2D eigenvalue weighted by Crippen LogP contribution is 2.52. The van der Waals surface area contributed by atoms with Gasteiger partial charge in [0, 0.05) is 42.6 Å². The van der Waals surface area contributed by atoms with Gasteiger partial charge < -0.3 is 15.1 Å². The number of hydrogen-bond acceptors (Lipinski definition) is 3. The molecular formula is C25H26Cl2F3N3O2. The fourth-order valence-corrected chi connectivity index (χ4v) is 5.03. The van der Waals surface area contributed by atoms with Crippen molar-refractivity contribution in [1.82, 2.24) is 15.1 Å². The Hall–Kier alpha value is -2.29. The predicted octanol–water partition coefficient (Wildman–Crippen LogP) is 4.55. The van der Waals surface area contributed by atoms with Gasteiger partial charge in [0.05, 0.1) is 11.0 Å². The van der Waals surface area contributed by atoms with Crippen molar-refractivity contribution in [2.45, 2.75) is 36.9 Å². The van der Waals surface area contributed by atoms with Crippen LogP contribution in [0.4, 0.5) is 13.2 Å². The van der Waals surface area contributed by atoms with Crippen LogP contribution in [0.1, 0.15) is 29.5 Å². The van der Waals surface area contributed by atoms with Crippen molar-refractivity contribution >= 4 is 35.0 Å². The number of nitrogens with zero attached hydrogens (tertiary/aromatic N) is 2. The number of benzene rings is 2. The second-order valence-corrected chi connectivity index (χ2v) is 10.1. The number of halogens is 5. The predicted molar refractivity (Wildman–Crippen MR) is 129 cm³/mol. The van der Waals surface area contributed by atoms with Gasteiger partial charge in [-0.2, -0.15) is 13.2 Å². The van der Waals surface area contributed by atoms with Crippen molar-refractivity contribution in [2.24, 2.45) is 0 Å². The van der Waals surface area contributed by atoms with Gasteiger partial charge in [-0.05, 0) is 49.2 Å². The minimum absolute atomic E-state index is 0.0553. The van der Waals surface area contributed by atoms with Crippen LogP contribution in [0.2, 0.25) is 10.0 Å². The summed E-state index contributed by atoms with van der Waals surface area (Å²) in [5, 5.41) is 3.58. The number of alkyl halides is 3. The highest BCUT2D eigenvalue weighted by atomic mass is 35.5. The fraction of sp³-hybridized carbons (Fsp3) is 0.440. The van der Waals surface area contributed by atoms with E-state index >= 15 is 0 Å². The molecule has 1 saturated carbocycles. The van der Waals surface area contributed by atoms with Crippen LogP contribution in [-0.2, 0) is 27.6 Å². The van der Waals surface area contributed by atoms with Gasteiger partial charge in [-0.3, -0.25) is 9.59 Å². The van der Waals surface area contributed by atoms with Gasteiger partial charge in [0.15, 0.2) is 0 Å². The molecule has 4 rings (SSSR count). The van der Waals surface area contributed by atoms with Crippen molar-refractivity contribution in [3.8, 4) is 0 Å². The van der Waals surface area contributed by atoms with E-state index in [0.29, 0.717) is 41.8 Å². The Morgan fingerprint density at radius 1 is 1.06 bits per heavy atom. The topological polar surface area (TPSA) is 52.6 Å². The summed E-state index contributed by atoms with van der Waals surface area (Å²) in [5.41, 5.74) is -1.57. The minimum Gasteiger partial charge on any atom is -0.343 e. The van der Waals surface area contributed by atoms with E-state index in [-0.39, 0.29) is 30.7 Å². The van der Waals surface area contributed by atoms with Gasteiger partial charge in [0.2, 0.25) is 11.8 Å². The van der Waals surface area contributed by atoms with Gasteiger partial charge in [-0.25, -0.2) is 0 Å². The fourth-order valence-electron chi connectivity index (χ4n) is 4.54. The Labute approximate surface area is 212 Å². The van der Waals surface area contributed by atoms with Gasteiger partial charge >= 0.3 is 6.18 Å². The molecule has 0 aromatic heterocycles. The molecule has 2 amide bonds. The van der Waals surface area contributed by atoms with Crippen LogP contribution in [0.3, 0.4) is 0 Å².